The Labute approximate surface area is 191 Å². The Balaban J connectivity index is 1.56. The van der Waals surface area contributed by atoms with Crippen LogP contribution in [0, 0.1) is 0 Å². The summed E-state index contributed by atoms with van der Waals surface area (Å²) in [4.78, 5) is 20.4. The zero-order chi connectivity index (χ0) is 23.6. The van der Waals surface area contributed by atoms with Crippen LogP contribution < -0.4 is 15.4 Å². The van der Waals surface area contributed by atoms with Crippen LogP contribution in [0.3, 0.4) is 0 Å². The molecule has 33 heavy (non-hydrogen) atoms. The molecule has 2 aromatic heterocycles. The molecule has 4 rings (SSSR count). The van der Waals surface area contributed by atoms with Gasteiger partial charge in [-0.15, -0.1) is 0 Å². The summed E-state index contributed by atoms with van der Waals surface area (Å²) < 4.78 is 45.6. The topological polar surface area (TPSA) is 81.1 Å². The second-order valence-corrected chi connectivity index (χ2v) is 8.04. The number of amides is 1. The molecule has 4 aromatic rings. The van der Waals surface area contributed by atoms with E-state index in [-0.39, 0.29) is 28.3 Å². The number of rotatable bonds is 6. The minimum atomic E-state index is -4.36. The maximum absolute atomic E-state index is 12.7. The Kier molecular flexibility index (Phi) is 6.14. The summed E-state index contributed by atoms with van der Waals surface area (Å²) in [5.41, 5.74) is -2.22. The quantitative estimate of drug-likeness (QED) is 0.361. The lowest BCUT2D eigenvalue weighted by atomic mass is 10.3. The highest BCUT2D eigenvalue weighted by atomic mass is 32.2. The maximum Gasteiger partial charge on any atom is 0.446 e. The Morgan fingerprint density at radius 3 is 2.64 bits per heavy atom. The van der Waals surface area contributed by atoms with Crippen molar-refractivity contribution in [2.75, 3.05) is 12.4 Å². The molecule has 2 aromatic carbocycles. The summed E-state index contributed by atoms with van der Waals surface area (Å²) in [6, 6.07) is 14.5. The third kappa shape index (κ3) is 5.37. The van der Waals surface area contributed by atoms with Gasteiger partial charge in [-0.25, -0.2) is 4.98 Å². The van der Waals surface area contributed by atoms with Gasteiger partial charge >= 0.3 is 5.51 Å². The Bertz CT molecular complexity index is 1320. The van der Waals surface area contributed by atoms with E-state index in [1.54, 1.807) is 41.9 Å². The van der Waals surface area contributed by atoms with E-state index >= 15 is 0 Å². The molecule has 1 amide bonds. The number of anilines is 2. The van der Waals surface area contributed by atoms with Crippen molar-refractivity contribution in [2.45, 2.75) is 10.4 Å². The Hall–Kier alpha value is -3.73. The molecule has 7 nitrogen and oxygen atoms in total. The van der Waals surface area contributed by atoms with Crippen LogP contribution in [0.5, 0.6) is 11.5 Å². The van der Waals surface area contributed by atoms with Crippen molar-refractivity contribution in [1.29, 1.82) is 0 Å². The fourth-order valence-electron chi connectivity index (χ4n) is 3.12. The lowest BCUT2D eigenvalue weighted by Crippen LogP contribution is -2.18. The van der Waals surface area contributed by atoms with Crippen molar-refractivity contribution < 1.29 is 22.7 Å². The largest absolute Gasteiger partial charge is 0.457 e. The van der Waals surface area contributed by atoms with Crippen LogP contribution in [0.15, 0.2) is 65.7 Å². The normalized spacial score (nSPS) is 11.4. The zero-order valence-corrected chi connectivity index (χ0v) is 18.3. The molecule has 0 saturated heterocycles. The van der Waals surface area contributed by atoms with Crippen LogP contribution in [0.4, 0.5) is 24.8 Å². The zero-order valence-electron chi connectivity index (χ0n) is 17.5. The number of carbonyl (C=O) groups is 1. The third-order valence-electron chi connectivity index (χ3n) is 4.60. The van der Waals surface area contributed by atoms with E-state index in [2.05, 4.69) is 20.6 Å². The van der Waals surface area contributed by atoms with E-state index in [0.717, 1.165) is 5.52 Å². The average molecular weight is 473 g/mol. The van der Waals surface area contributed by atoms with Gasteiger partial charge in [0.1, 0.15) is 17.2 Å². The van der Waals surface area contributed by atoms with Gasteiger partial charge in [0.25, 0.3) is 5.91 Å². The fraction of sp³-hybridized carbons (Fsp3) is 0.136. The van der Waals surface area contributed by atoms with Crippen molar-refractivity contribution in [1.82, 2.24) is 19.9 Å². The van der Waals surface area contributed by atoms with Crippen molar-refractivity contribution in [2.24, 2.45) is 7.05 Å². The van der Waals surface area contributed by atoms with Gasteiger partial charge in [-0.1, -0.05) is 6.07 Å². The first kappa shape index (κ1) is 22.5. The SMILES string of the molecule is CNC(=O)c1cc(Oc2ccc3c(c2)nc(Nc2cccc(SC(F)(F)F)c2)n3C)ccn1. The summed E-state index contributed by atoms with van der Waals surface area (Å²) in [6.07, 6.45) is 1.48. The third-order valence-corrected chi connectivity index (χ3v) is 5.32. The number of halogens is 3. The smallest absolute Gasteiger partial charge is 0.446 e. The summed E-state index contributed by atoms with van der Waals surface area (Å²) in [5.74, 6) is 1.08. The van der Waals surface area contributed by atoms with E-state index in [0.29, 0.717) is 28.7 Å². The van der Waals surface area contributed by atoms with Crippen molar-refractivity contribution in [3.8, 4) is 11.5 Å². The van der Waals surface area contributed by atoms with Crippen LogP contribution in [0.1, 0.15) is 10.5 Å². The van der Waals surface area contributed by atoms with E-state index in [1.165, 1.54) is 31.4 Å². The summed E-state index contributed by atoms with van der Waals surface area (Å²) >= 11 is -0.172. The number of carbonyl (C=O) groups excluding carboxylic acids is 1. The van der Waals surface area contributed by atoms with Crippen LogP contribution in [0.25, 0.3) is 11.0 Å². The first-order valence-electron chi connectivity index (χ1n) is 9.67. The van der Waals surface area contributed by atoms with Crippen molar-refractivity contribution >= 4 is 40.3 Å². The number of alkyl halides is 3. The number of hydrogen-bond donors (Lipinski definition) is 2. The number of thioether (sulfide) groups is 1. The lowest BCUT2D eigenvalue weighted by Gasteiger charge is -2.09. The molecule has 0 unspecified atom stereocenters. The molecule has 11 heteroatoms. The number of nitrogens with zero attached hydrogens (tertiary/aromatic N) is 3. The molecule has 2 N–H and O–H groups in total. The molecule has 0 aliphatic rings. The highest BCUT2D eigenvalue weighted by Gasteiger charge is 2.29. The minimum absolute atomic E-state index is 0.0791. The number of aryl methyl sites for hydroxylation is 1. The predicted molar refractivity (Wildman–Crippen MR) is 120 cm³/mol. The molecular weight excluding hydrogens is 455 g/mol. The number of hydrogen-bond acceptors (Lipinski definition) is 6. The van der Waals surface area contributed by atoms with Gasteiger partial charge in [-0.05, 0) is 48.2 Å². The number of benzene rings is 2. The highest BCUT2D eigenvalue weighted by molar-refractivity contribution is 8.00. The summed E-state index contributed by atoms with van der Waals surface area (Å²) in [6.45, 7) is 0. The molecule has 2 heterocycles. The molecule has 0 radical (unpaired) electrons. The molecule has 0 fully saturated rings. The van der Waals surface area contributed by atoms with Gasteiger partial charge in [0.05, 0.1) is 11.0 Å². The van der Waals surface area contributed by atoms with E-state index in [1.807, 2.05) is 6.07 Å². The molecule has 170 valence electrons. The second-order valence-electron chi connectivity index (χ2n) is 6.90. The van der Waals surface area contributed by atoms with Gasteiger partial charge in [0, 0.05) is 43.0 Å². The minimum Gasteiger partial charge on any atom is -0.457 e. The fourth-order valence-corrected chi connectivity index (χ4v) is 3.72. The number of pyridine rings is 1. The number of nitrogens with one attached hydrogen (secondary N) is 2. The molecule has 0 atom stereocenters. The summed E-state index contributed by atoms with van der Waals surface area (Å²) in [7, 11) is 3.31. The van der Waals surface area contributed by atoms with Gasteiger partial charge in [-0.2, -0.15) is 13.2 Å². The number of fused-ring (bicyclic) bond motifs is 1. The maximum atomic E-state index is 12.7. The van der Waals surface area contributed by atoms with E-state index < -0.39 is 5.51 Å². The van der Waals surface area contributed by atoms with Gasteiger partial charge in [-0.3, -0.25) is 9.78 Å². The molecule has 0 aliphatic carbocycles. The Morgan fingerprint density at radius 1 is 1.09 bits per heavy atom. The summed E-state index contributed by atoms with van der Waals surface area (Å²) in [5, 5.41) is 5.57. The van der Waals surface area contributed by atoms with Crippen LogP contribution >= 0.6 is 11.8 Å². The van der Waals surface area contributed by atoms with E-state index in [4.69, 9.17) is 4.74 Å². The van der Waals surface area contributed by atoms with Gasteiger partial charge in [0.2, 0.25) is 5.95 Å². The Morgan fingerprint density at radius 2 is 1.88 bits per heavy atom. The average Bonchev–Trinajstić information content (AvgIpc) is 3.07. The van der Waals surface area contributed by atoms with Gasteiger partial charge < -0.3 is 19.9 Å². The van der Waals surface area contributed by atoms with Crippen molar-refractivity contribution in [3.63, 3.8) is 0 Å². The first-order valence-corrected chi connectivity index (χ1v) is 10.5. The number of imidazole rings is 1. The standard InChI is InChI=1S/C22H18F3N5O2S/c1-26-20(31)18-12-15(8-9-27-18)32-14-6-7-19-17(11-14)29-21(30(19)2)28-13-4-3-5-16(10-13)33-22(23,24)25/h3-12H,1-2H3,(H,26,31)(H,28,29). The molecule has 0 spiro atoms. The molecular formula is C22H18F3N5O2S. The van der Waals surface area contributed by atoms with E-state index in [9.17, 15) is 18.0 Å². The molecule has 0 saturated carbocycles. The molecule has 0 bridgehead atoms. The van der Waals surface area contributed by atoms with Gasteiger partial charge in [0.15, 0.2) is 0 Å². The number of ether oxygens (including phenoxy) is 1. The van der Waals surface area contributed by atoms with Crippen LogP contribution in [-0.4, -0.2) is 33.0 Å². The second kappa shape index (κ2) is 9.02. The highest BCUT2D eigenvalue weighted by Crippen LogP contribution is 2.38. The monoisotopic (exact) mass is 473 g/mol. The van der Waals surface area contributed by atoms with Crippen LogP contribution in [0.2, 0.25) is 0 Å². The molecule has 0 aliphatic heterocycles. The predicted octanol–water partition coefficient (Wildman–Crippen LogP) is 5.48. The number of aromatic nitrogens is 3. The first-order chi connectivity index (χ1) is 15.7. The lowest BCUT2D eigenvalue weighted by molar-refractivity contribution is -0.0328. The van der Waals surface area contributed by atoms with Crippen LogP contribution in [-0.2, 0) is 7.05 Å². The van der Waals surface area contributed by atoms with Crippen molar-refractivity contribution in [3.05, 3.63) is 66.5 Å².